The summed E-state index contributed by atoms with van der Waals surface area (Å²) >= 11 is 0. The molecule has 1 fully saturated rings. The van der Waals surface area contributed by atoms with Crippen LogP contribution in [0.1, 0.15) is 6.92 Å². The molecule has 0 aromatic carbocycles. The zero-order valence-electron chi connectivity index (χ0n) is 9.17. The fraction of sp³-hybridized carbons (Fsp3) is 0.778. The summed E-state index contributed by atoms with van der Waals surface area (Å²) in [5.41, 5.74) is 0. The zero-order valence-corrected chi connectivity index (χ0v) is 9.17. The van der Waals surface area contributed by atoms with Crippen molar-refractivity contribution in [2.45, 2.75) is 13.0 Å². The van der Waals surface area contributed by atoms with Gasteiger partial charge in [-0.2, -0.15) is 0 Å². The largest absolute Gasteiger partial charge is 0.341 e. The Morgan fingerprint density at radius 2 is 2.27 bits per heavy atom. The molecule has 0 spiro atoms. The second-order valence-electron chi connectivity index (χ2n) is 3.72. The Labute approximate surface area is 89.4 Å². The monoisotopic (exact) mass is 214 g/mol. The Hall–Kier alpha value is -1.14. The summed E-state index contributed by atoms with van der Waals surface area (Å²) in [6, 6.07) is -0.0604. The number of amides is 3. The van der Waals surface area contributed by atoms with Crippen molar-refractivity contribution in [1.29, 1.82) is 0 Å². The van der Waals surface area contributed by atoms with Gasteiger partial charge in [-0.05, 0) is 6.92 Å². The Morgan fingerprint density at radius 3 is 2.87 bits per heavy atom. The van der Waals surface area contributed by atoms with E-state index in [0.29, 0.717) is 6.04 Å². The molecule has 3 amide bonds. The summed E-state index contributed by atoms with van der Waals surface area (Å²) in [5.74, 6) is -0.261. The number of carbonyl (C=O) groups is 2. The lowest BCUT2D eigenvalue weighted by atomic mass is 10.2. The highest BCUT2D eigenvalue weighted by Crippen LogP contribution is 1.97. The first kappa shape index (κ1) is 11.9. The third-order valence-corrected chi connectivity index (χ3v) is 2.30. The number of rotatable bonds is 2. The molecule has 86 valence electrons. The van der Waals surface area contributed by atoms with E-state index in [4.69, 9.17) is 0 Å². The van der Waals surface area contributed by atoms with Gasteiger partial charge in [0, 0.05) is 32.7 Å². The molecule has 1 atom stereocenters. The van der Waals surface area contributed by atoms with Gasteiger partial charge in [0.15, 0.2) is 0 Å². The molecule has 0 unspecified atom stereocenters. The van der Waals surface area contributed by atoms with Crippen molar-refractivity contribution in [3.8, 4) is 0 Å². The van der Waals surface area contributed by atoms with Gasteiger partial charge in [-0.25, -0.2) is 4.79 Å². The Morgan fingerprint density at radius 1 is 1.53 bits per heavy atom. The number of nitrogens with zero attached hydrogens (tertiary/aromatic N) is 1. The Kier molecular flexibility index (Phi) is 4.51. The predicted molar refractivity (Wildman–Crippen MR) is 56.5 cm³/mol. The molecule has 0 bridgehead atoms. The van der Waals surface area contributed by atoms with Crippen LogP contribution in [0.5, 0.6) is 0 Å². The van der Waals surface area contributed by atoms with Crippen LogP contribution in [0, 0.1) is 0 Å². The van der Waals surface area contributed by atoms with Crippen LogP contribution < -0.4 is 16.0 Å². The highest BCUT2D eigenvalue weighted by molar-refractivity contribution is 5.95. The third kappa shape index (κ3) is 4.26. The smallest absolute Gasteiger partial charge is 0.321 e. The first-order chi connectivity index (χ1) is 7.11. The topological polar surface area (TPSA) is 73.5 Å². The number of urea groups is 1. The molecule has 1 heterocycles. The van der Waals surface area contributed by atoms with E-state index in [0.717, 1.165) is 19.6 Å². The first-order valence-electron chi connectivity index (χ1n) is 5.09. The van der Waals surface area contributed by atoms with Gasteiger partial charge in [-0.15, -0.1) is 0 Å². The predicted octanol–water partition coefficient (Wildman–Crippen LogP) is -1.26. The molecular weight excluding hydrogens is 196 g/mol. The summed E-state index contributed by atoms with van der Waals surface area (Å²) in [7, 11) is 1.48. The van der Waals surface area contributed by atoms with E-state index in [9.17, 15) is 9.59 Å². The summed E-state index contributed by atoms with van der Waals surface area (Å²) in [6.07, 6.45) is 0. The standard InChI is InChI=1S/C9H18N4O2/c1-7-5-13(4-3-11-7)6-8(14)12-9(15)10-2/h7,11H,3-6H2,1-2H3,(H2,10,12,14,15)/t7-/m0/s1. The van der Waals surface area contributed by atoms with E-state index in [1.807, 2.05) is 4.90 Å². The van der Waals surface area contributed by atoms with Gasteiger partial charge in [0.05, 0.1) is 6.54 Å². The maximum Gasteiger partial charge on any atom is 0.321 e. The highest BCUT2D eigenvalue weighted by Gasteiger charge is 2.18. The fourth-order valence-corrected chi connectivity index (χ4v) is 1.59. The Bertz CT molecular complexity index is 244. The number of nitrogens with one attached hydrogen (secondary N) is 3. The number of piperazine rings is 1. The van der Waals surface area contributed by atoms with E-state index >= 15 is 0 Å². The summed E-state index contributed by atoms with van der Waals surface area (Å²) in [4.78, 5) is 24.2. The van der Waals surface area contributed by atoms with E-state index in [1.54, 1.807) is 0 Å². The second-order valence-corrected chi connectivity index (χ2v) is 3.72. The number of carbonyl (C=O) groups excluding carboxylic acids is 2. The minimum Gasteiger partial charge on any atom is -0.341 e. The van der Waals surface area contributed by atoms with Crippen LogP contribution in [0.3, 0.4) is 0 Å². The van der Waals surface area contributed by atoms with Gasteiger partial charge in [0.2, 0.25) is 5.91 Å². The lowest BCUT2D eigenvalue weighted by Gasteiger charge is -2.30. The van der Waals surface area contributed by atoms with Gasteiger partial charge in [0.25, 0.3) is 0 Å². The van der Waals surface area contributed by atoms with Gasteiger partial charge in [-0.1, -0.05) is 0 Å². The molecule has 0 aliphatic carbocycles. The molecule has 1 aliphatic rings. The van der Waals surface area contributed by atoms with Crippen LogP contribution in [0.2, 0.25) is 0 Å². The number of imide groups is 1. The van der Waals surface area contributed by atoms with E-state index in [1.165, 1.54) is 7.05 Å². The zero-order chi connectivity index (χ0) is 11.3. The van der Waals surface area contributed by atoms with Gasteiger partial charge < -0.3 is 10.6 Å². The summed E-state index contributed by atoms with van der Waals surface area (Å²) in [6.45, 7) is 4.91. The van der Waals surface area contributed by atoms with E-state index in [2.05, 4.69) is 22.9 Å². The molecule has 6 nitrogen and oxygen atoms in total. The SMILES string of the molecule is CNC(=O)NC(=O)CN1CCN[C@@H](C)C1. The van der Waals surface area contributed by atoms with Gasteiger partial charge in [0.1, 0.15) is 0 Å². The van der Waals surface area contributed by atoms with Gasteiger partial charge in [-0.3, -0.25) is 15.0 Å². The lowest BCUT2D eigenvalue weighted by Crippen LogP contribution is -2.52. The van der Waals surface area contributed by atoms with Crippen LogP contribution in [0.25, 0.3) is 0 Å². The van der Waals surface area contributed by atoms with Crippen LogP contribution in [0.15, 0.2) is 0 Å². The molecule has 6 heteroatoms. The fourth-order valence-electron chi connectivity index (χ4n) is 1.59. The molecule has 15 heavy (non-hydrogen) atoms. The highest BCUT2D eigenvalue weighted by atomic mass is 16.2. The van der Waals surface area contributed by atoms with Crippen molar-refractivity contribution >= 4 is 11.9 Å². The molecular formula is C9H18N4O2. The van der Waals surface area contributed by atoms with E-state index in [-0.39, 0.29) is 12.5 Å². The molecule has 1 aliphatic heterocycles. The quantitative estimate of drug-likeness (QED) is 0.536. The second kappa shape index (κ2) is 5.67. The van der Waals surface area contributed by atoms with Crippen LogP contribution in [-0.4, -0.2) is 56.1 Å². The van der Waals surface area contributed by atoms with E-state index < -0.39 is 6.03 Å². The molecule has 0 radical (unpaired) electrons. The minimum atomic E-state index is -0.455. The molecule has 1 rings (SSSR count). The molecule has 1 saturated heterocycles. The number of hydrogen-bond donors (Lipinski definition) is 3. The summed E-state index contributed by atoms with van der Waals surface area (Å²) < 4.78 is 0. The number of hydrogen-bond acceptors (Lipinski definition) is 4. The van der Waals surface area contributed by atoms with Crippen molar-refractivity contribution in [3.05, 3.63) is 0 Å². The van der Waals surface area contributed by atoms with Crippen LogP contribution in [-0.2, 0) is 4.79 Å². The Balaban J connectivity index is 2.27. The van der Waals surface area contributed by atoms with Crippen molar-refractivity contribution in [2.75, 3.05) is 33.2 Å². The maximum absolute atomic E-state index is 11.4. The maximum atomic E-state index is 11.4. The normalized spacial score (nSPS) is 22.1. The minimum absolute atomic E-state index is 0.261. The van der Waals surface area contributed by atoms with Crippen molar-refractivity contribution < 1.29 is 9.59 Å². The molecule has 0 aromatic heterocycles. The molecule has 0 saturated carbocycles. The van der Waals surface area contributed by atoms with Crippen molar-refractivity contribution in [2.24, 2.45) is 0 Å². The molecule has 3 N–H and O–H groups in total. The van der Waals surface area contributed by atoms with Crippen molar-refractivity contribution in [3.63, 3.8) is 0 Å². The molecule has 0 aromatic rings. The average Bonchev–Trinajstić information content (AvgIpc) is 2.17. The first-order valence-corrected chi connectivity index (χ1v) is 5.09. The average molecular weight is 214 g/mol. The van der Waals surface area contributed by atoms with Crippen molar-refractivity contribution in [1.82, 2.24) is 20.9 Å². The van der Waals surface area contributed by atoms with Crippen LogP contribution >= 0.6 is 0 Å². The van der Waals surface area contributed by atoms with Gasteiger partial charge >= 0.3 is 6.03 Å². The third-order valence-electron chi connectivity index (χ3n) is 2.30. The van der Waals surface area contributed by atoms with Crippen LogP contribution in [0.4, 0.5) is 4.79 Å². The lowest BCUT2D eigenvalue weighted by molar-refractivity contribution is -0.121. The summed E-state index contributed by atoms with van der Waals surface area (Å²) in [5, 5.41) is 7.87.